The number of likely N-dealkylation sites (tertiary alicyclic amines) is 2. The number of ether oxygens (including phenoxy) is 2. The zero-order chi connectivity index (χ0) is 23.0. The first-order valence-electron chi connectivity index (χ1n) is 11.5. The molecular formula is C26H28N2O5. The van der Waals surface area contributed by atoms with Crippen LogP contribution in [0, 0.1) is 5.92 Å². The van der Waals surface area contributed by atoms with Crippen LogP contribution in [-0.4, -0.2) is 59.7 Å². The number of hydrogen-bond acceptors (Lipinski definition) is 5. The lowest BCUT2D eigenvalue weighted by molar-refractivity contribution is -0.139. The first-order valence-corrected chi connectivity index (χ1v) is 11.5. The summed E-state index contributed by atoms with van der Waals surface area (Å²) in [7, 11) is 1.57. The van der Waals surface area contributed by atoms with Crippen molar-refractivity contribution in [2.45, 2.75) is 37.8 Å². The van der Waals surface area contributed by atoms with Gasteiger partial charge in [-0.05, 0) is 23.8 Å². The maximum atomic E-state index is 13.2. The van der Waals surface area contributed by atoms with E-state index in [1.54, 1.807) is 30.2 Å². The molecule has 2 aromatic rings. The Hall–Kier alpha value is -3.35. The number of carbonyl (C=O) groups is 3. The third-order valence-corrected chi connectivity index (χ3v) is 7.06. The molecule has 0 N–H and O–H groups in total. The summed E-state index contributed by atoms with van der Waals surface area (Å²) in [6.07, 6.45) is 1.77. The second-order valence-corrected chi connectivity index (χ2v) is 9.23. The van der Waals surface area contributed by atoms with Crippen LogP contribution in [-0.2, 0) is 16.1 Å². The van der Waals surface area contributed by atoms with Crippen LogP contribution < -0.4 is 9.47 Å². The van der Waals surface area contributed by atoms with Crippen LogP contribution in [0.25, 0.3) is 0 Å². The van der Waals surface area contributed by atoms with Gasteiger partial charge < -0.3 is 19.3 Å². The lowest BCUT2D eigenvalue weighted by Gasteiger charge is -2.44. The van der Waals surface area contributed by atoms with E-state index in [2.05, 4.69) is 0 Å². The van der Waals surface area contributed by atoms with Crippen LogP contribution in [0.4, 0.5) is 0 Å². The number of rotatable bonds is 4. The van der Waals surface area contributed by atoms with E-state index in [-0.39, 0.29) is 29.9 Å². The van der Waals surface area contributed by atoms with Crippen LogP contribution >= 0.6 is 0 Å². The van der Waals surface area contributed by atoms with Crippen LogP contribution in [0.3, 0.4) is 0 Å². The lowest BCUT2D eigenvalue weighted by atomic mass is 9.82. The minimum atomic E-state index is -0.569. The van der Waals surface area contributed by atoms with E-state index < -0.39 is 5.60 Å². The molecule has 1 unspecified atom stereocenters. The van der Waals surface area contributed by atoms with Gasteiger partial charge in [-0.2, -0.15) is 0 Å². The molecule has 3 aliphatic heterocycles. The highest BCUT2D eigenvalue weighted by atomic mass is 16.5. The van der Waals surface area contributed by atoms with Gasteiger partial charge in [0.05, 0.1) is 25.0 Å². The third-order valence-electron chi connectivity index (χ3n) is 7.06. The van der Waals surface area contributed by atoms with Crippen molar-refractivity contribution >= 4 is 17.6 Å². The predicted octanol–water partition coefficient (Wildman–Crippen LogP) is 3.07. The summed E-state index contributed by atoms with van der Waals surface area (Å²) in [4.78, 5) is 42.1. The molecule has 7 nitrogen and oxygen atoms in total. The summed E-state index contributed by atoms with van der Waals surface area (Å²) >= 11 is 0. The molecule has 1 atom stereocenters. The maximum Gasteiger partial charge on any atom is 0.227 e. The van der Waals surface area contributed by atoms with Crippen molar-refractivity contribution in [3.05, 3.63) is 59.7 Å². The van der Waals surface area contributed by atoms with Crippen LogP contribution in [0.5, 0.6) is 11.5 Å². The van der Waals surface area contributed by atoms with E-state index in [1.165, 1.54) is 0 Å². The number of hydrogen-bond donors (Lipinski definition) is 0. The highest BCUT2D eigenvalue weighted by Crippen LogP contribution is 2.41. The molecule has 0 aliphatic carbocycles. The zero-order valence-electron chi connectivity index (χ0n) is 18.8. The molecule has 1 spiro atoms. The van der Waals surface area contributed by atoms with Gasteiger partial charge in [0.15, 0.2) is 5.78 Å². The highest BCUT2D eigenvalue weighted by molar-refractivity contribution is 6.00. The minimum Gasteiger partial charge on any atom is -0.497 e. The van der Waals surface area contributed by atoms with Crippen molar-refractivity contribution in [3.8, 4) is 11.5 Å². The van der Waals surface area contributed by atoms with Gasteiger partial charge >= 0.3 is 0 Å². The van der Waals surface area contributed by atoms with E-state index in [1.807, 2.05) is 35.2 Å². The topological polar surface area (TPSA) is 76.2 Å². The van der Waals surface area contributed by atoms with Crippen molar-refractivity contribution in [1.29, 1.82) is 0 Å². The SMILES string of the molecule is COc1ccc2c(c1)C(=O)CC1(CCN(C(=O)C3CC(=O)N(Cc4ccccc4)C3)CC1)O2. The number of methoxy groups -OCH3 is 1. The largest absolute Gasteiger partial charge is 0.497 e. The fourth-order valence-electron chi connectivity index (χ4n) is 5.17. The van der Waals surface area contributed by atoms with Crippen molar-refractivity contribution in [1.82, 2.24) is 9.80 Å². The summed E-state index contributed by atoms with van der Waals surface area (Å²) in [6.45, 7) is 2.05. The Morgan fingerprint density at radius 2 is 1.88 bits per heavy atom. The zero-order valence-corrected chi connectivity index (χ0v) is 18.8. The van der Waals surface area contributed by atoms with Crippen molar-refractivity contribution in [2.24, 2.45) is 5.92 Å². The van der Waals surface area contributed by atoms with Gasteiger partial charge in [-0.15, -0.1) is 0 Å². The Labute approximate surface area is 193 Å². The van der Waals surface area contributed by atoms with Crippen LogP contribution in [0.2, 0.25) is 0 Å². The van der Waals surface area contributed by atoms with Gasteiger partial charge in [0.25, 0.3) is 0 Å². The fraction of sp³-hybridized carbons (Fsp3) is 0.423. The number of Topliss-reactive ketones (excluding diaryl/α,β-unsaturated/α-hetero) is 1. The molecular weight excluding hydrogens is 420 g/mol. The Bertz CT molecular complexity index is 1080. The molecule has 0 radical (unpaired) electrons. The van der Waals surface area contributed by atoms with E-state index in [4.69, 9.17) is 9.47 Å². The van der Waals surface area contributed by atoms with Crippen molar-refractivity contribution in [3.63, 3.8) is 0 Å². The molecule has 0 bridgehead atoms. The molecule has 0 aromatic heterocycles. The summed E-state index contributed by atoms with van der Waals surface area (Å²) in [5, 5.41) is 0. The molecule has 2 saturated heterocycles. The Morgan fingerprint density at radius 3 is 2.61 bits per heavy atom. The molecule has 5 rings (SSSR count). The predicted molar refractivity (Wildman–Crippen MR) is 121 cm³/mol. The van der Waals surface area contributed by atoms with Crippen LogP contribution in [0.15, 0.2) is 48.5 Å². The Morgan fingerprint density at radius 1 is 1.12 bits per heavy atom. The second kappa shape index (κ2) is 8.54. The molecule has 2 aromatic carbocycles. The summed E-state index contributed by atoms with van der Waals surface area (Å²) in [5.41, 5.74) is 1.05. The second-order valence-electron chi connectivity index (χ2n) is 9.23. The van der Waals surface area contributed by atoms with Crippen molar-refractivity contribution < 1.29 is 23.9 Å². The Balaban J connectivity index is 1.20. The molecule has 2 fully saturated rings. The van der Waals surface area contributed by atoms with Gasteiger partial charge in [-0.3, -0.25) is 14.4 Å². The molecule has 172 valence electrons. The number of piperidine rings is 1. The first kappa shape index (κ1) is 21.5. The number of fused-ring (bicyclic) bond motifs is 1. The summed E-state index contributed by atoms with van der Waals surface area (Å²) in [6, 6.07) is 15.1. The number of carbonyl (C=O) groups excluding carboxylic acids is 3. The van der Waals surface area contributed by atoms with Gasteiger partial charge in [0.1, 0.15) is 17.1 Å². The smallest absolute Gasteiger partial charge is 0.227 e. The molecule has 3 aliphatic rings. The first-order chi connectivity index (χ1) is 16.0. The highest BCUT2D eigenvalue weighted by Gasteiger charge is 2.45. The quantitative estimate of drug-likeness (QED) is 0.719. The maximum absolute atomic E-state index is 13.2. The van der Waals surface area contributed by atoms with Gasteiger partial charge in [-0.1, -0.05) is 30.3 Å². The molecule has 3 heterocycles. The normalized spacial score (nSPS) is 21.7. The standard InChI is InChI=1S/C26H28N2O5/c1-32-20-7-8-23-21(14-20)22(29)15-26(33-23)9-11-27(12-10-26)25(31)19-13-24(30)28(17-19)16-18-5-3-2-4-6-18/h2-8,14,19H,9-13,15-17H2,1H3. The van der Waals surface area contributed by atoms with E-state index in [9.17, 15) is 14.4 Å². The number of amides is 2. The van der Waals surface area contributed by atoms with E-state index in [0.717, 1.165) is 5.56 Å². The van der Waals surface area contributed by atoms with E-state index >= 15 is 0 Å². The third kappa shape index (κ3) is 4.19. The van der Waals surface area contributed by atoms with Gasteiger partial charge in [-0.25, -0.2) is 0 Å². The monoisotopic (exact) mass is 448 g/mol. The molecule has 0 saturated carbocycles. The van der Waals surface area contributed by atoms with Gasteiger partial charge in [0.2, 0.25) is 11.8 Å². The Kier molecular flexibility index (Phi) is 5.56. The van der Waals surface area contributed by atoms with Gasteiger partial charge in [0, 0.05) is 45.4 Å². The molecule has 2 amide bonds. The number of ketones is 1. The van der Waals surface area contributed by atoms with Crippen LogP contribution in [0.1, 0.15) is 41.6 Å². The molecule has 7 heteroatoms. The number of nitrogens with zero attached hydrogens (tertiary/aromatic N) is 2. The fourth-order valence-corrected chi connectivity index (χ4v) is 5.17. The summed E-state index contributed by atoms with van der Waals surface area (Å²) < 4.78 is 11.5. The minimum absolute atomic E-state index is 0.0268. The average Bonchev–Trinajstić information content (AvgIpc) is 3.19. The van der Waals surface area contributed by atoms with E-state index in [0.29, 0.717) is 62.5 Å². The lowest BCUT2D eigenvalue weighted by Crippen LogP contribution is -2.53. The summed E-state index contributed by atoms with van der Waals surface area (Å²) in [5.74, 6) is 1.02. The average molecular weight is 449 g/mol. The van der Waals surface area contributed by atoms with Crippen molar-refractivity contribution in [2.75, 3.05) is 26.7 Å². The number of benzene rings is 2. The molecule has 33 heavy (non-hydrogen) atoms.